The van der Waals surface area contributed by atoms with E-state index in [2.05, 4.69) is 31.1 Å². The Balaban J connectivity index is 2.46. The highest BCUT2D eigenvalue weighted by atomic mass is 32.1. The smallest absolute Gasteiger partial charge is 0.226 e. The van der Waals surface area contributed by atoms with Crippen LogP contribution < -0.4 is 5.32 Å². The molecule has 3 nitrogen and oxygen atoms in total. The summed E-state index contributed by atoms with van der Waals surface area (Å²) in [5.41, 5.74) is 1.05. The first kappa shape index (κ1) is 12.2. The third-order valence-electron chi connectivity index (χ3n) is 2.12. The Morgan fingerprint density at radius 3 is 2.87 bits per heavy atom. The van der Waals surface area contributed by atoms with Gasteiger partial charge in [0.25, 0.3) is 0 Å². The molecule has 0 atom stereocenters. The van der Waals surface area contributed by atoms with Crippen LogP contribution in [0.5, 0.6) is 0 Å². The molecule has 0 radical (unpaired) electrons. The fourth-order valence-corrected chi connectivity index (χ4v) is 2.02. The van der Waals surface area contributed by atoms with Gasteiger partial charge < -0.3 is 5.32 Å². The molecule has 0 aromatic carbocycles. The molecular formula is C11H18N2OS. The maximum Gasteiger partial charge on any atom is 0.226 e. The molecule has 1 aromatic rings. The van der Waals surface area contributed by atoms with Crippen molar-refractivity contribution >= 4 is 22.4 Å². The van der Waals surface area contributed by atoms with Crippen LogP contribution in [-0.4, -0.2) is 10.9 Å². The van der Waals surface area contributed by atoms with Crippen LogP contribution in [0.4, 0.5) is 5.13 Å². The highest BCUT2D eigenvalue weighted by molar-refractivity contribution is 7.13. The molecular weight excluding hydrogens is 208 g/mol. The number of rotatable bonds is 5. The maximum atomic E-state index is 11.4. The Labute approximate surface area is 94.9 Å². The van der Waals surface area contributed by atoms with Crippen molar-refractivity contribution in [2.45, 2.75) is 46.0 Å². The summed E-state index contributed by atoms with van der Waals surface area (Å²) in [4.78, 5) is 15.8. The van der Waals surface area contributed by atoms with Gasteiger partial charge in [-0.2, -0.15) is 0 Å². The Bertz CT molecular complexity index is 320. The zero-order valence-corrected chi connectivity index (χ0v) is 10.4. The van der Waals surface area contributed by atoms with Crippen molar-refractivity contribution in [1.29, 1.82) is 0 Å². The van der Waals surface area contributed by atoms with Crippen molar-refractivity contribution in [3.8, 4) is 0 Å². The van der Waals surface area contributed by atoms with Crippen LogP contribution in [-0.2, 0) is 4.79 Å². The quantitative estimate of drug-likeness (QED) is 0.836. The Hall–Kier alpha value is -0.900. The van der Waals surface area contributed by atoms with E-state index < -0.39 is 0 Å². The number of amides is 1. The normalized spacial score (nSPS) is 10.7. The van der Waals surface area contributed by atoms with Gasteiger partial charge in [0.1, 0.15) is 0 Å². The number of carbonyl (C=O) groups excluding carboxylic acids is 1. The van der Waals surface area contributed by atoms with Gasteiger partial charge in [0.2, 0.25) is 5.91 Å². The van der Waals surface area contributed by atoms with E-state index in [-0.39, 0.29) is 5.91 Å². The summed E-state index contributed by atoms with van der Waals surface area (Å²) in [6.45, 7) is 6.27. The lowest BCUT2D eigenvalue weighted by Crippen LogP contribution is -2.10. The molecule has 0 aliphatic rings. The molecule has 0 fully saturated rings. The third kappa shape index (κ3) is 4.00. The van der Waals surface area contributed by atoms with Crippen LogP contribution in [0.1, 0.15) is 51.6 Å². The topological polar surface area (TPSA) is 42.0 Å². The number of carbonyl (C=O) groups is 1. The largest absolute Gasteiger partial charge is 0.302 e. The minimum atomic E-state index is 0.0708. The first-order chi connectivity index (χ1) is 7.13. The number of nitrogens with one attached hydrogen (secondary N) is 1. The number of anilines is 1. The molecule has 1 heterocycles. The number of unbranched alkanes of at least 4 members (excludes halogenated alkanes) is 1. The van der Waals surface area contributed by atoms with Crippen LogP contribution >= 0.6 is 11.3 Å². The number of aromatic nitrogens is 1. The summed E-state index contributed by atoms with van der Waals surface area (Å²) in [6, 6.07) is 0. The molecule has 1 N–H and O–H groups in total. The molecule has 1 rings (SSSR count). The first-order valence-corrected chi connectivity index (χ1v) is 6.26. The molecule has 4 heteroatoms. The average molecular weight is 226 g/mol. The average Bonchev–Trinajstić information content (AvgIpc) is 2.63. The van der Waals surface area contributed by atoms with Crippen molar-refractivity contribution in [2.24, 2.45) is 0 Å². The van der Waals surface area contributed by atoms with E-state index in [1.54, 1.807) is 0 Å². The van der Waals surface area contributed by atoms with E-state index in [1.165, 1.54) is 11.3 Å². The van der Waals surface area contributed by atoms with Gasteiger partial charge in [-0.25, -0.2) is 4.98 Å². The first-order valence-electron chi connectivity index (χ1n) is 5.38. The van der Waals surface area contributed by atoms with Gasteiger partial charge >= 0.3 is 0 Å². The molecule has 0 saturated carbocycles. The van der Waals surface area contributed by atoms with Crippen LogP contribution in [0.3, 0.4) is 0 Å². The molecule has 15 heavy (non-hydrogen) atoms. The second-order valence-corrected chi connectivity index (χ2v) is 4.74. The second-order valence-electron chi connectivity index (χ2n) is 3.88. The molecule has 0 spiro atoms. The van der Waals surface area contributed by atoms with E-state index in [1.807, 2.05) is 5.38 Å². The fraction of sp³-hybridized carbons (Fsp3) is 0.636. The summed E-state index contributed by atoms with van der Waals surface area (Å²) in [6.07, 6.45) is 2.57. The standard InChI is InChI=1S/C11H18N2OS/c1-4-5-6-10(14)13-11-12-9(7-15-11)8(2)3/h7-8H,4-6H2,1-3H3,(H,12,13,14). The van der Waals surface area contributed by atoms with Crippen molar-refractivity contribution in [2.75, 3.05) is 5.32 Å². The molecule has 0 aliphatic carbocycles. The van der Waals surface area contributed by atoms with Gasteiger partial charge in [0, 0.05) is 11.8 Å². The van der Waals surface area contributed by atoms with Crippen molar-refractivity contribution in [3.05, 3.63) is 11.1 Å². The monoisotopic (exact) mass is 226 g/mol. The number of thiazole rings is 1. The molecule has 1 aromatic heterocycles. The predicted molar refractivity (Wildman–Crippen MR) is 64.4 cm³/mol. The lowest BCUT2D eigenvalue weighted by molar-refractivity contribution is -0.116. The van der Waals surface area contributed by atoms with Gasteiger partial charge in [-0.3, -0.25) is 4.79 Å². The minimum absolute atomic E-state index is 0.0708. The summed E-state index contributed by atoms with van der Waals surface area (Å²) in [7, 11) is 0. The zero-order chi connectivity index (χ0) is 11.3. The van der Waals surface area contributed by atoms with Gasteiger partial charge in [0.05, 0.1) is 5.69 Å². The predicted octanol–water partition coefficient (Wildman–Crippen LogP) is 3.40. The van der Waals surface area contributed by atoms with E-state index >= 15 is 0 Å². The maximum absolute atomic E-state index is 11.4. The van der Waals surface area contributed by atoms with E-state index in [4.69, 9.17) is 0 Å². The van der Waals surface area contributed by atoms with Gasteiger partial charge in [-0.1, -0.05) is 27.2 Å². The lowest BCUT2D eigenvalue weighted by atomic mass is 10.2. The molecule has 84 valence electrons. The summed E-state index contributed by atoms with van der Waals surface area (Å²) in [5.74, 6) is 0.490. The number of hydrogen-bond acceptors (Lipinski definition) is 3. The van der Waals surface area contributed by atoms with Crippen molar-refractivity contribution in [3.63, 3.8) is 0 Å². The molecule has 0 saturated heterocycles. The minimum Gasteiger partial charge on any atom is -0.302 e. The molecule has 1 amide bonds. The van der Waals surface area contributed by atoms with Gasteiger partial charge in [-0.05, 0) is 12.3 Å². The van der Waals surface area contributed by atoms with E-state index in [9.17, 15) is 4.79 Å². The van der Waals surface area contributed by atoms with E-state index in [0.29, 0.717) is 12.3 Å². The highest BCUT2D eigenvalue weighted by Gasteiger charge is 2.07. The van der Waals surface area contributed by atoms with Crippen molar-refractivity contribution < 1.29 is 4.79 Å². The summed E-state index contributed by atoms with van der Waals surface area (Å²) < 4.78 is 0. The van der Waals surface area contributed by atoms with Crippen LogP contribution in [0.25, 0.3) is 0 Å². The van der Waals surface area contributed by atoms with Gasteiger partial charge in [-0.15, -0.1) is 11.3 Å². The van der Waals surface area contributed by atoms with Crippen molar-refractivity contribution in [1.82, 2.24) is 4.98 Å². The Morgan fingerprint density at radius 2 is 2.33 bits per heavy atom. The highest BCUT2D eigenvalue weighted by Crippen LogP contribution is 2.21. The molecule has 0 unspecified atom stereocenters. The second kappa shape index (κ2) is 5.85. The summed E-state index contributed by atoms with van der Waals surface area (Å²) in [5, 5.41) is 5.54. The van der Waals surface area contributed by atoms with Crippen LogP contribution in [0, 0.1) is 0 Å². The SMILES string of the molecule is CCCCC(=O)Nc1nc(C(C)C)cs1. The Kier molecular flexibility index (Phi) is 4.75. The zero-order valence-electron chi connectivity index (χ0n) is 9.54. The number of hydrogen-bond donors (Lipinski definition) is 1. The number of nitrogens with zero attached hydrogens (tertiary/aromatic N) is 1. The molecule has 0 bridgehead atoms. The lowest BCUT2D eigenvalue weighted by Gasteiger charge is -2.00. The van der Waals surface area contributed by atoms with Gasteiger partial charge in [0.15, 0.2) is 5.13 Å². The third-order valence-corrected chi connectivity index (χ3v) is 2.89. The summed E-state index contributed by atoms with van der Waals surface area (Å²) >= 11 is 1.50. The van der Waals surface area contributed by atoms with Crippen LogP contribution in [0.2, 0.25) is 0 Å². The molecule has 0 aliphatic heterocycles. The Morgan fingerprint density at radius 1 is 1.60 bits per heavy atom. The fourth-order valence-electron chi connectivity index (χ4n) is 1.13. The van der Waals surface area contributed by atoms with E-state index in [0.717, 1.165) is 23.7 Å². The van der Waals surface area contributed by atoms with Crippen LogP contribution in [0.15, 0.2) is 5.38 Å².